The Labute approximate surface area is 125 Å². The summed E-state index contributed by atoms with van der Waals surface area (Å²) in [5, 5.41) is 0. The van der Waals surface area contributed by atoms with E-state index in [-0.39, 0.29) is 16.4 Å². The summed E-state index contributed by atoms with van der Waals surface area (Å²) in [7, 11) is 3.05. The van der Waals surface area contributed by atoms with Gasteiger partial charge >= 0.3 is 10.8 Å². The Balaban J connectivity index is 2.51. The average molecular weight is 309 g/mol. The van der Waals surface area contributed by atoms with Gasteiger partial charge in [-0.2, -0.15) is 0 Å². The minimum absolute atomic E-state index is 0.245. The zero-order chi connectivity index (χ0) is 15.4. The molecule has 2 aromatic rings. The second-order valence-electron chi connectivity index (χ2n) is 4.01. The first-order valence-corrected chi connectivity index (χ1v) is 7.05. The molecule has 0 saturated heterocycles. The number of hydrogen-bond donors (Lipinski definition) is 1. The van der Waals surface area contributed by atoms with Gasteiger partial charge in [0.2, 0.25) is 0 Å². The zero-order valence-electron chi connectivity index (χ0n) is 11.9. The van der Waals surface area contributed by atoms with E-state index in [1.54, 1.807) is 25.1 Å². The highest BCUT2D eigenvalue weighted by molar-refractivity contribution is 7.11. The normalized spacial score (nSPS) is 10.2. The molecule has 0 saturated carbocycles. The molecule has 0 aliphatic heterocycles. The van der Waals surface area contributed by atoms with Crippen LogP contribution in [0.2, 0.25) is 0 Å². The predicted molar refractivity (Wildman–Crippen MR) is 79.4 cm³/mol. The van der Waals surface area contributed by atoms with E-state index in [2.05, 4.69) is 4.98 Å². The first-order chi connectivity index (χ1) is 10.1. The number of aromatic amines is 1. The molecule has 0 amide bonds. The van der Waals surface area contributed by atoms with Gasteiger partial charge < -0.3 is 19.2 Å². The maximum Gasteiger partial charge on any atom is 0.350 e. The van der Waals surface area contributed by atoms with Gasteiger partial charge in [-0.15, -0.1) is 0 Å². The maximum atomic E-state index is 11.9. The number of carbonyl (C=O) groups excluding carboxylic acids is 1. The van der Waals surface area contributed by atoms with Gasteiger partial charge in [0.05, 0.1) is 26.5 Å². The summed E-state index contributed by atoms with van der Waals surface area (Å²) in [6, 6.07) is 5.14. The highest BCUT2D eigenvalue weighted by atomic mass is 32.1. The number of H-pyrrole nitrogens is 1. The smallest absolute Gasteiger partial charge is 0.350 e. The van der Waals surface area contributed by atoms with E-state index in [4.69, 9.17) is 14.2 Å². The van der Waals surface area contributed by atoms with Crippen molar-refractivity contribution >= 4 is 17.3 Å². The maximum absolute atomic E-state index is 11.9. The highest BCUT2D eigenvalue weighted by Gasteiger charge is 2.19. The molecule has 0 atom stereocenters. The SMILES string of the molecule is CCOC(=O)c1sc(=O)[nH]c1-c1ccc(OC)c(OC)c1. The molecule has 21 heavy (non-hydrogen) atoms. The van der Waals surface area contributed by atoms with Crippen molar-refractivity contribution in [1.82, 2.24) is 4.98 Å². The second-order valence-corrected chi connectivity index (χ2v) is 4.99. The van der Waals surface area contributed by atoms with E-state index in [0.29, 0.717) is 22.8 Å². The molecule has 1 N–H and O–H groups in total. The van der Waals surface area contributed by atoms with Gasteiger partial charge in [0.25, 0.3) is 0 Å². The lowest BCUT2D eigenvalue weighted by atomic mass is 10.1. The Morgan fingerprint density at radius 1 is 1.24 bits per heavy atom. The van der Waals surface area contributed by atoms with Crippen LogP contribution in [0.4, 0.5) is 0 Å². The molecule has 1 heterocycles. The monoisotopic (exact) mass is 309 g/mol. The standard InChI is InChI=1S/C14H15NO5S/c1-4-20-13(16)12-11(15-14(17)21-12)8-5-6-9(18-2)10(7-8)19-3/h5-7H,4H2,1-3H3,(H,15,17). The molecule has 0 aliphatic rings. The highest BCUT2D eigenvalue weighted by Crippen LogP contribution is 2.33. The molecule has 7 heteroatoms. The van der Waals surface area contributed by atoms with Crippen molar-refractivity contribution in [3.63, 3.8) is 0 Å². The zero-order valence-corrected chi connectivity index (χ0v) is 12.7. The molecule has 0 fully saturated rings. The molecule has 0 unspecified atom stereocenters. The third-order valence-electron chi connectivity index (χ3n) is 2.78. The number of carbonyl (C=O) groups is 1. The van der Waals surface area contributed by atoms with Gasteiger partial charge in [0.1, 0.15) is 4.88 Å². The number of benzene rings is 1. The number of nitrogens with one attached hydrogen (secondary N) is 1. The Kier molecular flexibility index (Phi) is 4.64. The van der Waals surface area contributed by atoms with E-state index in [0.717, 1.165) is 11.3 Å². The minimum atomic E-state index is -0.523. The van der Waals surface area contributed by atoms with Gasteiger partial charge in [-0.05, 0) is 25.1 Å². The van der Waals surface area contributed by atoms with Gasteiger partial charge in [-0.3, -0.25) is 4.79 Å². The van der Waals surface area contributed by atoms with Crippen LogP contribution in [-0.2, 0) is 4.74 Å². The molecular formula is C14H15NO5S. The number of esters is 1. The second kappa shape index (κ2) is 6.45. The van der Waals surface area contributed by atoms with Gasteiger partial charge in [-0.1, -0.05) is 11.3 Å². The van der Waals surface area contributed by atoms with Crippen molar-refractivity contribution < 1.29 is 19.0 Å². The molecular weight excluding hydrogens is 294 g/mol. The third kappa shape index (κ3) is 3.08. The fourth-order valence-corrected chi connectivity index (χ4v) is 2.62. The Morgan fingerprint density at radius 2 is 1.95 bits per heavy atom. The molecule has 6 nitrogen and oxygen atoms in total. The van der Waals surface area contributed by atoms with Crippen molar-refractivity contribution in [2.24, 2.45) is 0 Å². The average Bonchev–Trinajstić information content (AvgIpc) is 2.88. The van der Waals surface area contributed by atoms with E-state index in [9.17, 15) is 9.59 Å². The van der Waals surface area contributed by atoms with E-state index >= 15 is 0 Å². The van der Waals surface area contributed by atoms with Crippen LogP contribution in [0.15, 0.2) is 23.0 Å². The predicted octanol–water partition coefficient (Wildman–Crippen LogP) is 2.30. The summed E-state index contributed by atoms with van der Waals surface area (Å²) in [5.74, 6) is 0.555. The van der Waals surface area contributed by atoms with Crippen LogP contribution < -0.4 is 14.3 Å². The van der Waals surface area contributed by atoms with Crippen LogP contribution in [0.25, 0.3) is 11.3 Å². The summed E-state index contributed by atoms with van der Waals surface area (Å²) < 4.78 is 15.3. The summed E-state index contributed by atoms with van der Waals surface area (Å²) in [6.45, 7) is 1.96. The number of hydrogen-bond acceptors (Lipinski definition) is 6. The molecule has 112 valence electrons. The largest absolute Gasteiger partial charge is 0.493 e. The van der Waals surface area contributed by atoms with Crippen LogP contribution in [0.5, 0.6) is 11.5 Å². The summed E-state index contributed by atoms with van der Waals surface area (Å²) >= 11 is 0.823. The first-order valence-electron chi connectivity index (χ1n) is 6.23. The van der Waals surface area contributed by atoms with Crippen LogP contribution in [-0.4, -0.2) is 31.8 Å². The van der Waals surface area contributed by atoms with Crippen LogP contribution in [0, 0.1) is 0 Å². The lowest BCUT2D eigenvalue weighted by Crippen LogP contribution is -2.04. The van der Waals surface area contributed by atoms with Gasteiger partial charge in [-0.25, -0.2) is 4.79 Å². The lowest BCUT2D eigenvalue weighted by molar-refractivity contribution is 0.0532. The van der Waals surface area contributed by atoms with E-state index in [1.807, 2.05) is 0 Å². The van der Waals surface area contributed by atoms with Gasteiger partial charge in [0.15, 0.2) is 11.5 Å². The quantitative estimate of drug-likeness (QED) is 0.857. The molecule has 0 spiro atoms. The van der Waals surface area contributed by atoms with Crippen molar-refractivity contribution in [2.75, 3.05) is 20.8 Å². The number of ether oxygens (including phenoxy) is 3. The van der Waals surface area contributed by atoms with E-state index in [1.165, 1.54) is 14.2 Å². The number of aromatic nitrogens is 1. The Bertz CT molecular complexity index is 704. The lowest BCUT2D eigenvalue weighted by Gasteiger charge is -2.09. The van der Waals surface area contributed by atoms with Gasteiger partial charge in [0, 0.05) is 5.56 Å². The van der Waals surface area contributed by atoms with Crippen LogP contribution in [0.1, 0.15) is 16.6 Å². The minimum Gasteiger partial charge on any atom is -0.493 e. The molecule has 2 rings (SSSR count). The Hall–Kier alpha value is -2.28. The van der Waals surface area contributed by atoms with Crippen molar-refractivity contribution in [3.8, 4) is 22.8 Å². The van der Waals surface area contributed by atoms with Crippen molar-refractivity contribution in [2.45, 2.75) is 6.92 Å². The number of thiazole rings is 1. The number of methoxy groups -OCH3 is 2. The van der Waals surface area contributed by atoms with Crippen molar-refractivity contribution in [1.29, 1.82) is 0 Å². The molecule has 0 bridgehead atoms. The first kappa shape index (κ1) is 15.1. The number of rotatable bonds is 5. The molecule has 1 aromatic carbocycles. The third-order valence-corrected chi connectivity index (χ3v) is 3.64. The fourth-order valence-electron chi connectivity index (χ4n) is 1.86. The molecule has 1 aromatic heterocycles. The van der Waals surface area contributed by atoms with E-state index < -0.39 is 5.97 Å². The summed E-state index contributed by atoms with van der Waals surface area (Å²) in [6.07, 6.45) is 0. The Morgan fingerprint density at radius 3 is 2.57 bits per heavy atom. The van der Waals surface area contributed by atoms with Crippen LogP contribution >= 0.6 is 11.3 Å². The topological polar surface area (TPSA) is 77.6 Å². The van der Waals surface area contributed by atoms with Crippen molar-refractivity contribution in [3.05, 3.63) is 32.7 Å². The summed E-state index contributed by atoms with van der Waals surface area (Å²) in [5.41, 5.74) is 1.07. The molecule has 0 aliphatic carbocycles. The fraction of sp³-hybridized carbons (Fsp3) is 0.286. The molecule has 0 radical (unpaired) electrons. The van der Waals surface area contributed by atoms with Crippen LogP contribution in [0.3, 0.4) is 0 Å². The summed E-state index contributed by atoms with van der Waals surface area (Å²) in [4.78, 5) is 26.1.